The third kappa shape index (κ3) is 18.6. The molecule has 0 rings (SSSR count). The molecule has 0 radical (unpaired) electrons. The molecule has 0 saturated carbocycles. The molecule has 0 aliphatic heterocycles. The molecule has 56 valence electrons. The zero-order chi connectivity index (χ0) is 7.11. The van der Waals surface area contributed by atoms with E-state index in [0.29, 0.717) is 19.3 Å². The normalized spacial score (nSPS) is 10.2. The first-order valence-electron chi connectivity index (χ1n) is 3.13. The van der Waals surface area contributed by atoms with Crippen LogP contribution in [-0.2, 0) is 0 Å². The van der Waals surface area contributed by atoms with Crippen molar-refractivity contribution in [2.24, 2.45) is 0 Å². The van der Waals surface area contributed by atoms with Crippen molar-refractivity contribution in [3.63, 3.8) is 0 Å². The molecule has 0 aromatic carbocycles. The Labute approximate surface area is 140 Å². The average molecular weight is 200 g/mol. The summed E-state index contributed by atoms with van der Waals surface area (Å²) in [5, 5.41) is 30.0. The van der Waals surface area contributed by atoms with Gasteiger partial charge in [0.25, 0.3) is 0 Å². The SMILES string of the molecule is [Na+].[Na+].[Na+].[O-]CCCCC([O-])C[O-]. The summed E-state index contributed by atoms with van der Waals surface area (Å²) in [5.74, 6) is 0. The molecule has 1 unspecified atom stereocenters. The Bertz CT molecular complexity index is 66.0. The van der Waals surface area contributed by atoms with E-state index in [9.17, 15) is 15.3 Å². The van der Waals surface area contributed by atoms with Crippen LogP contribution in [0, 0.1) is 0 Å². The minimum atomic E-state index is -0.989. The van der Waals surface area contributed by atoms with Crippen molar-refractivity contribution in [1.29, 1.82) is 0 Å². The Hall–Kier alpha value is 2.88. The first-order chi connectivity index (χ1) is 4.31. The van der Waals surface area contributed by atoms with Crippen LogP contribution in [0.2, 0.25) is 0 Å². The molecule has 0 amide bonds. The number of unbranched alkanes of at least 4 members (excludes halogenated alkanes) is 1. The molecule has 12 heavy (non-hydrogen) atoms. The zero-order valence-corrected chi connectivity index (χ0v) is 14.3. The van der Waals surface area contributed by atoms with Gasteiger partial charge in [-0.15, -0.1) is 12.7 Å². The molecule has 1 atom stereocenters. The second-order valence-electron chi connectivity index (χ2n) is 1.99. The van der Waals surface area contributed by atoms with Gasteiger partial charge in [-0.1, -0.05) is 19.3 Å². The second-order valence-corrected chi connectivity index (χ2v) is 1.99. The van der Waals surface area contributed by atoms with E-state index in [1.165, 1.54) is 0 Å². The summed E-state index contributed by atoms with van der Waals surface area (Å²) in [6.45, 7) is -0.690. The fourth-order valence-electron chi connectivity index (χ4n) is 0.557. The predicted octanol–water partition coefficient (Wildman–Crippen LogP) is -11.4. The van der Waals surface area contributed by atoms with Crippen LogP contribution in [-0.4, -0.2) is 19.3 Å². The number of rotatable bonds is 5. The monoisotopic (exact) mass is 200 g/mol. The molecule has 0 aliphatic carbocycles. The standard InChI is InChI=1S/C6H11O3.3Na/c7-4-2-1-3-6(9)5-8;;;/h6H,1-5H2;;;/q-3;3*+1. The van der Waals surface area contributed by atoms with E-state index in [1.54, 1.807) is 0 Å². The molecule has 6 heteroatoms. The van der Waals surface area contributed by atoms with Crippen molar-refractivity contribution in [3.8, 4) is 0 Å². The maximum atomic E-state index is 10.4. The summed E-state index contributed by atoms with van der Waals surface area (Å²) >= 11 is 0. The summed E-state index contributed by atoms with van der Waals surface area (Å²) in [5.41, 5.74) is 0. The van der Waals surface area contributed by atoms with Gasteiger partial charge in [0.05, 0.1) is 0 Å². The third-order valence-electron chi connectivity index (χ3n) is 1.11. The fraction of sp³-hybridized carbons (Fsp3) is 1.00. The first-order valence-corrected chi connectivity index (χ1v) is 3.13. The first kappa shape index (κ1) is 24.2. The Morgan fingerprint density at radius 3 is 1.75 bits per heavy atom. The minimum Gasteiger partial charge on any atom is -0.855 e. The van der Waals surface area contributed by atoms with E-state index < -0.39 is 12.7 Å². The molecular formula is C6H11Na3O3. The van der Waals surface area contributed by atoms with E-state index in [-0.39, 0.29) is 95.3 Å². The van der Waals surface area contributed by atoms with Gasteiger partial charge < -0.3 is 15.3 Å². The number of hydrogen-bond acceptors (Lipinski definition) is 3. The van der Waals surface area contributed by atoms with Crippen molar-refractivity contribution in [3.05, 3.63) is 0 Å². The molecule has 0 fully saturated rings. The van der Waals surface area contributed by atoms with Crippen molar-refractivity contribution >= 4 is 0 Å². The van der Waals surface area contributed by atoms with Gasteiger partial charge >= 0.3 is 88.7 Å². The molecule has 0 heterocycles. The summed E-state index contributed by atoms with van der Waals surface area (Å²) in [7, 11) is 0. The molecule has 0 saturated heterocycles. The van der Waals surface area contributed by atoms with Crippen molar-refractivity contribution in [1.82, 2.24) is 0 Å². The van der Waals surface area contributed by atoms with E-state index in [0.717, 1.165) is 0 Å². The van der Waals surface area contributed by atoms with E-state index in [4.69, 9.17) is 0 Å². The molecule has 3 nitrogen and oxygen atoms in total. The van der Waals surface area contributed by atoms with Crippen LogP contribution in [0.25, 0.3) is 0 Å². The molecule has 0 aromatic heterocycles. The van der Waals surface area contributed by atoms with E-state index in [2.05, 4.69) is 0 Å². The largest absolute Gasteiger partial charge is 1.00 e. The molecular weight excluding hydrogens is 189 g/mol. The maximum Gasteiger partial charge on any atom is 1.00 e. The van der Waals surface area contributed by atoms with Gasteiger partial charge in [-0.2, -0.15) is 6.61 Å². The van der Waals surface area contributed by atoms with E-state index >= 15 is 0 Å². The summed E-state index contributed by atoms with van der Waals surface area (Å²) in [4.78, 5) is 0. The molecule has 0 spiro atoms. The van der Waals surface area contributed by atoms with Crippen LogP contribution in [0.3, 0.4) is 0 Å². The van der Waals surface area contributed by atoms with E-state index in [1.807, 2.05) is 0 Å². The zero-order valence-electron chi connectivity index (χ0n) is 8.34. The maximum absolute atomic E-state index is 10.4. The predicted molar refractivity (Wildman–Crippen MR) is 27.4 cm³/mol. The van der Waals surface area contributed by atoms with Crippen molar-refractivity contribution in [2.75, 3.05) is 13.2 Å². The fourth-order valence-corrected chi connectivity index (χ4v) is 0.557. The van der Waals surface area contributed by atoms with Crippen LogP contribution in [0.4, 0.5) is 0 Å². The molecule has 0 aromatic rings. The Morgan fingerprint density at radius 2 is 1.42 bits per heavy atom. The van der Waals surface area contributed by atoms with Crippen molar-refractivity contribution < 1.29 is 104 Å². The summed E-state index contributed by atoms with van der Waals surface area (Å²) < 4.78 is 0. The molecule has 0 aliphatic rings. The Balaban J connectivity index is -0.000000107. The van der Waals surface area contributed by atoms with Gasteiger partial charge in [-0.25, -0.2) is 0 Å². The quantitative estimate of drug-likeness (QED) is 0.327. The molecule has 0 N–H and O–H groups in total. The van der Waals surface area contributed by atoms with Crippen LogP contribution >= 0.6 is 0 Å². The van der Waals surface area contributed by atoms with Crippen LogP contribution in [0.1, 0.15) is 19.3 Å². The third-order valence-corrected chi connectivity index (χ3v) is 1.11. The smallest absolute Gasteiger partial charge is 0.855 e. The van der Waals surface area contributed by atoms with Crippen LogP contribution in [0.5, 0.6) is 0 Å². The van der Waals surface area contributed by atoms with Gasteiger partial charge in [0.2, 0.25) is 0 Å². The molecule has 0 bridgehead atoms. The number of hydrogen-bond donors (Lipinski definition) is 0. The Morgan fingerprint density at radius 1 is 0.917 bits per heavy atom. The Kier molecular flexibility index (Phi) is 39.3. The van der Waals surface area contributed by atoms with Gasteiger partial charge in [-0.05, 0) is 0 Å². The average Bonchev–Trinajstić information content (AvgIpc) is 1.89. The van der Waals surface area contributed by atoms with Gasteiger partial charge in [0.15, 0.2) is 0 Å². The van der Waals surface area contributed by atoms with Gasteiger partial charge in [0.1, 0.15) is 0 Å². The van der Waals surface area contributed by atoms with Crippen LogP contribution in [0.15, 0.2) is 0 Å². The summed E-state index contributed by atoms with van der Waals surface area (Å²) in [6, 6.07) is 0. The van der Waals surface area contributed by atoms with Gasteiger partial charge in [0, 0.05) is 0 Å². The topological polar surface area (TPSA) is 69.2 Å². The summed E-state index contributed by atoms with van der Waals surface area (Å²) in [6.07, 6.45) is 0.515. The van der Waals surface area contributed by atoms with Crippen LogP contribution < -0.4 is 104 Å². The van der Waals surface area contributed by atoms with Gasteiger partial charge in [-0.3, -0.25) is 0 Å². The minimum absolute atomic E-state index is 0. The van der Waals surface area contributed by atoms with Crippen molar-refractivity contribution in [2.45, 2.75) is 25.4 Å². The second kappa shape index (κ2) is 19.5.